The van der Waals surface area contributed by atoms with E-state index in [0.717, 1.165) is 0 Å². The van der Waals surface area contributed by atoms with E-state index < -0.39 is 0 Å². The predicted octanol–water partition coefficient (Wildman–Crippen LogP) is 1.37. The van der Waals surface area contributed by atoms with Crippen LogP contribution in [0.25, 0.3) is 0 Å². The van der Waals surface area contributed by atoms with Crippen LogP contribution in [0.2, 0.25) is 10.0 Å². The summed E-state index contributed by atoms with van der Waals surface area (Å²) < 4.78 is 10.2. The first-order valence-corrected chi connectivity index (χ1v) is 3.54. The molecule has 2 nitrogen and oxygen atoms in total. The van der Waals surface area contributed by atoms with Gasteiger partial charge in [-0.05, 0) is 0 Å². The summed E-state index contributed by atoms with van der Waals surface area (Å²) in [4.78, 5) is 0. The average molecular weight is 189 g/mol. The molecule has 0 fully saturated rings. The van der Waals surface area contributed by atoms with E-state index in [1.165, 1.54) is 12.1 Å². The van der Waals surface area contributed by atoms with Gasteiger partial charge in [0, 0.05) is 0 Å². The van der Waals surface area contributed by atoms with Crippen molar-refractivity contribution in [1.82, 2.24) is 0 Å². The van der Waals surface area contributed by atoms with Gasteiger partial charge < -0.3 is 0 Å². The molecule has 0 spiro atoms. The monoisotopic (exact) mass is 188 g/mol. The number of hydrogen-bond donors (Lipinski definition) is 1. The SMILES string of the molecule is O=Bc1cc(Cl)c(O)c(Cl)c1. The molecular weight excluding hydrogens is 186 g/mol. The minimum atomic E-state index is -0.195. The molecule has 0 saturated carbocycles. The Balaban J connectivity index is 3.31. The van der Waals surface area contributed by atoms with Gasteiger partial charge in [-0.1, -0.05) is 0 Å². The molecule has 1 aromatic rings. The van der Waals surface area contributed by atoms with Crippen molar-refractivity contribution in [2.75, 3.05) is 0 Å². The molecule has 0 aliphatic rings. The Labute approximate surface area is 74.0 Å². The van der Waals surface area contributed by atoms with Crippen molar-refractivity contribution in [1.29, 1.82) is 0 Å². The third-order valence-corrected chi connectivity index (χ3v) is 1.75. The summed E-state index contributed by atoms with van der Waals surface area (Å²) in [6, 6.07) is 2.69. The van der Waals surface area contributed by atoms with E-state index in [1.807, 2.05) is 0 Å². The van der Waals surface area contributed by atoms with Gasteiger partial charge in [-0.2, -0.15) is 0 Å². The average Bonchev–Trinajstić information content (AvgIpc) is 1.99. The van der Waals surface area contributed by atoms with Crippen molar-refractivity contribution >= 4 is 35.8 Å². The molecule has 1 rings (SSSR count). The van der Waals surface area contributed by atoms with Gasteiger partial charge in [0.25, 0.3) is 0 Å². The van der Waals surface area contributed by atoms with Crippen molar-refractivity contribution in [3.8, 4) is 5.75 Å². The summed E-state index contributed by atoms with van der Waals surface area (Å²) >= 11 is 11.0. The van der Waals surface area contributed by atoms with Gasteiger partial charge in [0.05, 0.1) is 0 Å². The number of phenolic OH excluding ortho intramolecular Hbond substituents is 1. The standard InChI is InChI=1S/C6H3BCl2O2/c8-4-1-3(7-11)2-5(9)6(4)10/h1-2,10H. The molecule has 11 heavy (non-hydrogen) atoms. The number of aromatic hydroxyl groups is 1. The van der Waals surface area contributed by atoms with Crippen LogP contribution >= 0.6 is 23.2 Å². The second kappa shape index (κ2) is 3.24. The minimum absolute atomic E-state index is 0.0830. The van der Waals surface area contributed by atoms with Crippen molar-refractivity contribution in [3.63, 3.8) is 0 Å². The van der Waals surface area contributed by atoms with Gasteiger partial charge >= 0.3 is 73.6 Å². The van der Waals surface area contributed by atoms with E-state index in [-0.39, 0.29) is 15.8 Å². The Hall–Kier alpha value is -0.535. The number of halogens is 2. The maximum atomic E-state index is 10.2. The Morgan fingerprint density at radius 1 is 1.27 bits per heavy atom. The van der Waals surface area contributed by atoms with Crippen LogP contribution in [0.4, 0.5) is 0 Å². The van der Waals surface area contributed by atoms with Crippen molar-refractivity contribution in [3.05, 3.63) is 22.2 Å². The van der Waals surface area contributed by atoms with E-state index >= 15 is 0 Å². The fourth-order valence-electron chi connectivity index (χ4n) is 0.653. The Morgan fingerprint density at radius 2 is 1.73 bits per heavy atom. The zero-order chi connectivity index (χ0) is 8.43. The fraction of sp³-hybridized carbons (Fsp3) is 0. The number of rotatable bonds is 1. The van der Waals surface area contributed by atoms with Gasteiger partial charge in [-0.15, -0.1) is 0 Å². The fourth-order valence-corrected chi connectivity index (χ4v) is 1.16. The second-order valence-electron chi connectivity index (χ2n) is 1.95. The first kappa shape index (κ1) is 8.56. The second-order valence-corrected chi connectivity index (χ2v) is 2.77. The van der Waals surface area contributed by atoms with Crippen LogP contribution in [0.5, 0.6) is 5.75 Å². The first-order chi connectivity index (χ1) is 5.15. The van der Waals surface area contributed by atoms with Crippen molar-refractivity contribution < 1.29 is 9.81 Å². The third-order valence-electron chi connectivity index (χ3n) is 1.18. The van der Waals surface area contributed by atoms with Crippen molar-refractivity contribution in [2.45, 2.75) is 0 Å². The zero-order valence-electron chi connectivity index (χ0n) is 5.34. The number of phenols is 1. The molecule has 5 heteroatoms. The van der Waals surface area contributed by atoms with Gasteiger partial charge in [0.15, 0.2) is 0 Å². The summed E-state index contributed by atoms with van der Waals surface area (Å²) in [5.41, 5.74) is 0.345. The third kappa shape index (κ3) is 1.73. The summed E-state index contributed by atoms with van der Waals surface area (Å²) in [6.45, 7) is 0. The Morgan fingerprint density at radius 3 is 2.09 bits per heavy atom. The molecule has 0 aliphatic heterocycles. The molecule has 0 radical (unpaired) electrons. The molecular formula is C6H3BCl2O2. The van der Waals surface area contributed by atoms with E-state index in [2.05, 4.69) is 0 Å². The Bertz CT molecular complexity index is 278. The molecule has 0 aromatic heterocycles. The predicted molar refractivity (Wildman–Crippen MR) is 44.2 cm³/mol. The van der Waals surface area contributed by atoms with E-state index in [1.54, 1.807) is 0 Å². The molecule has 0 heterocycles. The van der Waals surface area contributed by atoms with E-state index in [4.69, 9.17) is 28.3 Å². The van der Waals surface area contributed by atoms with Gasteiger partial charge in [-0.3, -0.25) is 0 Å². The van der Waals surface area contributed by atoms with Crippen LogP contribution in [0.3, 0.4) is 0 Å². The summed E-state index contributed by atoms with van der Waals surface area (Å²) in [5, 5.41) is 9.21. The molecule has 0 aliphatic carbocycles. The molecule has 0 saturated heterocycles. The van der Waals surface area contributed by atoms with E-state index in [9.17, 15) is 4.70 Å². The van der Waals surface area contributed by atoms with Crippen LogP contribution in [0.15, 0.2) is 12.1 Å². The summed E-state index contributed by atoms with van der Waals surface area (Å²) in [6.07, 6.45) is 0. The van der Waals surface area contributed by atoms with Crippen LogP contribution in [0, 0.1) is 0 Å². The summed E-state index contributed by atoms with van der Waals surface area (Å²) in [7, 11) is 0.608. The van der Waals surface area contributed by atoms with Crippen molar-refractivity contribution in [2.24, 2.45) is 0 Å². The quantitative estimate of drug-likeness (QED) is 0.677. The Kier molecular flexibility index (Phi) is 2.52. The van der Waals surface area contributed by atoms with Gasteiger partial charge in [-0.25, -0.2) is 0 Å². The molecule has 56 valence electrons. The van der Waals surface area contributed by atoms with Crippen LogP contribution in [-0.2, 0) is 4.70 Å². The van der Waals surface area contributed by atoms with Crippen LogP contribution in [0.1, 0.15) is 0 Å². The van der Waals surface area contributed by atoms with Crippen LogP contribution < -0.4 is 5.46 Å². The number of hydrogen-bond acceptors (Lipinski definition) is 2. The molecule has 0 atom stereocenters. The molecule has 1 N–H and O–H groups in total. The number of benzene rings is 1. The van der Waals surface area contributed by atoms with Crippen LogP contribution in [-0.4, -0.2) is 12.3 Å². The molecule has 0 bridgehead atoms. The van der Waals surface area contributed by atoms with Gasteiger partial charge in [0.2, 0.25) is 0 Å². The zero-order valence-corrected chi connectivity index (χ0v) is 6.86. The van der Waals surface area contributed by atoms with E-state index in [0.29, 0.717) is 12.6 Å². The molecule has 1 aromatic carbocycles. The maximum absolute atomic E-state index is 10.2. The topological polar surface area (TPSA) is 37.3 Å². The normalized spacial score (nSPS) is 9.27. The first-order valence-electron chi connectivity index (χ1n) is 2.78. The molecule has 0 unspecified atom stereocenters. The summed E-state index contributed by atoms with van der Waals surface area (Å²) in [5.74, 6) is -0.195. The molecule has 0 amide bonds. The van der Waals surface area contributed by atoms with Gasteiger partial charge in [0.1, 0.15) is 0 Å².